The van der Waals surface area contributed by atoms with Gasteiger partial charge in [0.15, 0.2) is 0 Å². The molecule has 0 aliphatic rings. The molecule has 0 bridgehead atoms. The second-order valence-electron chi connectivity index (χ2n) is 4.07. The molecule has 1 aromatic carbocycles. The summed E-state index contributed by atoms with van der Waals surface area (Å²) >= 11 is 3.47. The number of aromatic nitrogens is 1. The summed E-state index contributed by atoms with van der Waals surface area (Å²) in [5.74, 6) is 0.800. The van der Waals surface area contributed by atoms with Crippen molar-refractivity contribution in [2.75, 3.05) is 11.1 Å². The predicted octanol–water partition coefficient (Wildman–Crippen LogP) is 3.79. The Labute approximate surface area is 109 Å². The molecular formula is C13H14BrN3. The standard InChI is InChI=1S/C13H14BrN3/c1-8-3-10(14)6-11(4-8)17-13-5-9(2)12(15)7-16-13/h3-7H,15H2,1-2H3,(H,16,17). The third-order valence-corrected chi connectivity index (χ3v) is 2.92. The Morgan fingerprint density at radius 2 is 1.94 bits per heavy atom. The molecule has 88 valence electrons. The van der Waals surface area contributed by atoms with Crippen LogP contribution in [0.3, 0.4) is 0 Å². The van der Waals surface area contributed by atoms with E-state index in [1.807, 2.05) is 19.1 Å². The number of halogens is 1. The van der Waals surface area contributed by atoms with Gasteiger partial charge in [0.2, 0.25) is 0 Å². The molecule has 0 aliphatic carbocycles. The van der Waals surface area contributed by atoms with Gasteiger partial charge in [0.05, 0.1) is 11.9 Å². The summed E-state index contributed by atoms with van der Waals surface area (Å²) in [6, 6.07) is 8.08. The van der Waals surface area contributed by atoms with Crippen LogP contribution in [0.5, 0.6) is 0 Å². The SMILES string of the molecule is Cc1cc(Br)cc(Nc2cc(C)c(N)cn2)c1. The maximum absolute atomic E-state index is 5.73. The molecule has 1 aromatic heterocycles. The van der Waals surface area contributed by atoms with Crippen molar-refractivity contribution >= 4 is 33.1 Å². The zero-order valence-electron chi connectivity index (χ0n) is 9.79. The molecule has 3 N–H and O–H groups in total. The number of nitrogen functional groups attached to an aromatic ring is 1. The van der Waals surface area contributed by atoms with Crippen LogP contribution in [-0.4, -0.2) is 4.98 Å². The maximum Gasteiger partial charge on any atom is 0.130 e. The van der Waals surface area contributed by atoms with Gasteiger partial charge in [-0.1, -0.05) is 15.9 Å². The highest BCUT2D eigenvalue weighted by molar-refractivity contribution is 9.10. The molecule has 0 fully saturated rings. The highest BCUT2D eigenvalue weighted by Gasteiger charge is 2.01. The van der Waals surface area contributed by atoms with E-state index in [0.29, 0.717) is 5.69 Å². The number of hydrogen-bond donors (Lipinski definition) is 2. The average Bonchev–Trinajstić information content (AvgIpc) is 2.22. The average molecular weight is 292 g/mol. The Balaban J connectivity index is 2.28. The molecule has 0 saturated carbocycles. The fraction of sp³-hybridized carbons (Fsp3) is 0.154. The number of aryl methyl sites for hydroxylation is 2. The minimum absolute atomic E-state index is 0.709. The summed E-state index contributed by atoms with van der Waals surface area (Å²) < 4.78 is 1.05. The van der Waals surface area contributed by atoms with E-state index < -0.39 is 0 Å². The molecule has 2 aromatic rings. The summed E-state index contributed by atoms with van der Waals surface area (Å²) in [6.45, 7) is 4.02. The van der Waals surface area contributed by atoms with Gasteiger partial charge >= 0.3 is 0 Å². The van der Waals surface area contributed by atoms with Crippen LogP contribution in [0.25, 0.3) is 0 Å². The van der Waals surface area contributed by atoms with E-state index in [1.54, 1.807) is 6.20 Å². The summed E-state index contributed by atoms with van der Waals surface area (Å²) in [5, 5.41) is 3.26. The lowest BCUT2D eigenvalue weighted by atomic mass is 10.2. The first kappa shape index (κ1) is 11.9. The van der Waals surface area contributed by atoms with Crippen molar-refractivity contribution in [1.82, 2.24) is 4.98 Å². The Hall–Kier alpha value is -1.55. The zero-order valence-corrected chi connectivity index (χ0v) is 11.4. The molecule has 0 aliphatic heterocycles. The van der Waals surface area contributed by atoms with Crippen LogP contribution in [0.15, 0.2) is 34.9 Å². The van der Waals surface area contributed by atoms with E-state index in [4.69, 9.17) is 5.73 Å². The van der Waals surface area contributed by atoms with Crippen molar-refractivity contribution in [2.24, 2.45) is 0 Å². The fourth-order valence-electron chi connectivity index (χ4n) is 1.59. The first-order chi connectivity index (χ1) is 8.04. The van der Waals surface area contributed by atoms with Crippen LogP contribution < -0.4 is 11.1 Å². The Bertz CT molecular complexity index is 532. The van der Waals surface area contributed by atoms with Crippen molar-refractivity contribution in [2.45, 2.75) is 13.8 Å². The first-order valence-corrected chi connectivity index (χ1v) is 6.10. The van der Waals surface area contributed by atoms with E-state index in [-0.39, 0.29) is 0 Å². The molecule has 0 atom stereocenters. The number of benzene rings is 1. The summed E-state index contributed by atoms with van der Waals surface area (Å²) in [6.07, 6.45) is 1.67. The molecule has 0 amide bonds. The fourth-order valence-corrected chi connectivity index (χ4v) is 2.20. The number of nitrogens with one attached hydrogen (secondary N) is 1. The van der Waals surface area contributed by atoms with E-state index in [0.717, 1.165) is 21.5 Å². The van der Waals surface area contributed by atoms with Gasteiger partial charge in [-0.3, -0.25) is 0 Å². The van der Waals surface area contributed by atoms with Crippen molar-refractivity contribution in [3.63, 3.8) is 0 Å². The zero-order chi connectivity index (χ0) is 12.4. The van der Waals surface area contributed by atoms with Gasteiger partial charge in [0, 0.05) is 10.2 Å². The second kappa shape index (κ2) is 4.75. The normalized spacial score (nSPS) is 10.3. The lowest BCUT2D eigenvalue weighted by Gasteiger charge is -2.09. The summed E-state index contributed by atoms with van der Waals surface area (Å²) in [5.41, 5.74) is 9.66. The quantitative estimate of drug-likeness (QED) is 0.885. The molecule has 4 heteroatoms. The molecule has 0 spiro atoms. The largest absolute Gasteiger partial charge is 0.397 e. The molecule has 1 heterocycles. The highest BCUT2D eigenvalue weighted by Crippen LogP contribution is 2.23. The van der Waals surface area contributed by atoms with Gasteiger partial charge in [-0.15, -0.1) is 0 Å². The van der Waals surface area contributed by atoms with E-state index in [2.05, 4.69) is 45.3 Å². The Morgan fingerprint density at radius 1 is 1.18 bits per heavy atom. The smallest absolute Gasteiger partial charge is 0.130 e. The predicted molar refractivity (Wildman–Crippen MR) is 75.5 cm³/mol. The third kappa shape index (κ3) is 2.97. The van der Waals surface area contributed by atoms with Gasteiger partial charge in [0.1, 0.15) is 5.82 Å². The van der Waals surface area contributed by atoms with Crippen molar-refractivity contribution in [3.05, 3.63) is 46.1 Å². The van der Waals surface area contributed by atoms with Crippen LogP contribution in [0, 0.1) is 13.8 Å². The molecule has 0 radical (unpaired) electrons. The lowest BCUT2D eigenvalue weighted by Crippen LogP contribution is -1.97. The van der Waals surface area contributed by atoms with E-state index in [1.165, 1.54) is 5.56 Å². The number of nitrogens with zero attached hydrogens (tertiary/aromatic N) is 1. The number of hydrogen-bond acceptors (Lipinski definition) is 3. The topological polar surface area (TPSA) is 50.9 Å². The van der Waals surface area contributed by atoms with Gasteiger partial charge in [-0.2, -0.15) is 0 Å². The number of rotatable bonds is 2. The van der Waals surface area contributed by atoms with E-state index >= 15 is 0 Å². The van der Waals surface area contributed by atoms with Crippen molar-refractivity contribution in [1.29, 1.82) is 0 Å². The molecule has 2 rings (SSSR count). The van der Waals surface area contributed by atoms with Gasteiger partial charge in [0.25, 0.3) is 0 Å². The Morgan fingerprint density at radius 3 is 2.59 bits per heavy atom. The molecule has 3 nitrogen and oxygen atoms in total. The van der Waals surface area contributed by atoms with Crippen molar-refractivity contribution in [3.8, 4) is 0 Å². The van der Waals surface area contributed by atoms with Crippen LogP contribution in [0.1, 0.15) is 11.1 Å². The molecular weight excluding hydrogens is 278 g/mol. The minimum Gasteiger partial charge on any atom is -0.397 e. The highest BCUT2D eigenvalue weighted by atomic mass is 79.9. The van der Waals surface area contributed by atoms with Crippen molar-refractivity contribution < 1.29 is 0 Å². The second-order valence-corrected chi connectivity index (χ2v) is 4.98. The molecule has 0 saturated heterocycles. The van der Waals surface area contributed by atoms with Crippen LogP contribution in [-0.2, 0) is 0 Å². The van der Waals surface area contributed by atoms with Crippen LogP contribution in [0.2, 0.25) is 0 Å². The van der Waals surface area contributed by atoms with Crippen LogP contribution in [0.4, 0.5) is 17.2 Å². The van der Waals surface area contributed by atoms with Gasteiger partial charge in [-0.05, 0) is 49.2 Å². The Kier molecular flexibility index (Phi) is 3.33. The number of anilines is 3. The lowest BCUT2D eigenvalue weighted by molar-refractivity contribution is 1.27. The molecule has 17 heavy (non-hydrogen) atoms. The first-order valence-electron chi connectivity index (χ1n) is 5.31. The third-order valence-electron chi connectivity index (χ3n) is 2.47. The maximum atomic E-state index is 5.73. The van der Waals surface area contributed by atoms with E-state index in [9.17, 15) is 0 Å². The molecule has 0 unspecified atom stereocenters. The van der Waals surface area contributed by atoms with Gasteiger partial charge in [-0.25, -0.2) is 4.98 Å². The summed E-state index contributed by atoms with van der Waals surface area (Å²) in [7, 11) is 0. The summed E-state index contributed by atoms with van der Waals surface area (Å²) in [4.78, 5) is 4.24. The number of nitrogens with two attached hydrogens (primary N) is 1. The minimum atomic E-state index is 0.709. The van der Waals surface area contributed by atoms with Gasteiger partial charge < -0.3 is 11.1 Å². The monoisotopic (exact) mass is 291 g/mol. The van der Waals surface area contributed by atoms with Crippen LogP contribution >= 0.6 is 15.9 Å². The number of pyridine rings is 1.